The van der Waals surface area contributed by atoms with Crippen LogP contribution in [0.15, 0.2) is 84.9 Å². The summed E-state index contributed by atoms with van der Waals surface area (Å²) in [6.07, 6.45) is 14.5. The highest BCUT2D eigenvalue weighted by atomic mass is 19.2. The number of unbranched alkanes of at least 4 members (excludes halogenated alkanes) is 4. The number of carbonyl (C=O) groups is 1. The molecule has 3 unspecified atom stereocenters. The summed E-state index contributed by atoms with van der Waals surface area (Å²) >= 11 is 0. The summed E-state index contributed by atoms with van der Waals surface area (Å²) in [4.78, 5) is 13.6. The summed E-state index contributed by atoms with van der Waals surface area (Å²) in [6, 6.07) is 24.8. The molecule has 0 bridgehead atoms. The Hall–Kier alpha value is -5.20. The Kier molecular flexibility index (Phi) is 17.3. The molecule has 0 spiro atoms. The van der Waals surface area contributed by atoms with E-state index in [4.69, 9.17) is 38.6 Å². The van der Waals surface area contributed by atoms with Crippen molar-refractivity contribution in [2.45, 2.75) is 110 Å². The molecule has 3 atom stereocenters. The van der Waals surface area contributed by atoms with Gasteiger partial charge in [0.1, 0.15) is 17.2 Å². The van der Waals surface area contributed by atoms with Gasteiger partial charge in [-0.15, -0.1) is 0 Å². The Morgan fingerprint density at radius 1 is 0.765 bits per heavy atom. The second-order valence-corrected chi connectivity index (χ2v) is 18.9. The molecule has 2 saturated heterocycles. The molecular formula is C57H67F2NO8. The van der Waals surface area contributed by atoms with Crippen molar-refractivity contribution in [1.29, 1.82) is 5.41 Å². The lowest BCUT2D eigenvalue weighted by atomic mass is 9.84. The molecule has 68 heavy (non-hydrogen) atoms. The van der Waals surface area contributed by atoms with Gasteiger partial charge in [0.15, 0.2) is 11.6 Å². The van der Waals surface area contributed by atoms with Crippen molar-refractivity contribution in [2.75, 3.05) is 52.9 Å². The van der Waals surface area contributed by atoms with Crippen molar-refractivity contribution < 1.29 is 46.7 Å². The molecule has 5 aromatic rings. The van der Waals surface area contributed by atoms with E-state index in [1.54, 1.807) is 60.7 Å². The number of epoxide rings is 1. The fraction of sp³-hybridized carbons (Fsp3) is 0.474. The number of esters is 1. The second kappa shape index (κ2) is 23.9. The average Bonchev–Trinajstić information content (AvgIpc) is 4.13. The maximum Gasteiger partial charge on any atom is 0.343 e. The molecule has 1 saturated carbocycles. The molecule has 1 aliphatic carbocycles. The van der Waals surface area contributed by atoms with Crippen LogP contribution in [0.3, 0.4) is 0 Å². The van der Waals surface area contributed by atoms with E-state index in [-0.39, 0.29) is 28.7 Å². The van der Waals surface area contributed by atoms with Crippen molar-refractivity contribution >= 4 is 23.0 Å². The van der Waals surface area contributed by atoms with Gasteiger partial charge in [-0.2, -0.15) is 0 Å². The van der Waals surface area contributed by atoms with Crippen LogP contribution < -0.4 is 14.2 Å². The zero-order chi connectivity index (χ0) is 47.3. The van der Waals surface area contributed by atoms with Crippen LogP contribution in [-0.2, 0) is 31.8 Å². The summed E-state index contributed by atoms with van der Waals surface area (Å²) in [5.74, 6) is 0.0398. The Bertz CT molecular complexity index is 2470. The van der Waals surface area contributed by atoms with Crippen LogP contribution in [-0.4, -0.2) is 77.2 Å². The molecule has 3 aliphatic rings. The first-order valence-electron chi connectivity index (χ1n) is 24.8. The summed E-state index contributed by atoms with van der Waals surface area (Å²) in [7, 11) is 0. The minimum absolute atomic E-state index is 0.177. The predicted molar refractivity (Wildman–Crippen MR) is 262 cm³/mol. The average molecular weight is 932 g/mol. The third-order valence-corrected chi connectivity index (χ3v) is 14.0. The van der Waals surface area contributed by atoms with E-state index in [2.05, 4.69) is 6.92 Å². The molecule has 5 aromatic carbocycles. The topological polar surface area (TPSA) is 109 Å². The number of nitrogens with one attached hydrogen (secondary N) is 1. The van der Waals surface area contributed by atoms with E-state index in [1.165, 1.54) is 19.3 Å². The molecule has 11 heteroatoms. The number of carbonyl (C=O) groups excluding carboxylic acids is 1. The fourth-order valence-corrected chi connectivity index (χ4v) is 9.48. The molecule has 0 aromatic heterocycles. The summed E-state index contributed by atoms with van der Waals surface area (Å²) in [5.41, 5.74) is 3.61. The van der Waals surface area contributed by atoms with E-state index in [0.717, 1.165) is 113 Å². The lowest BCUT2D eigenvalue weighted by Crippen LogP contribution is -2.45. The van der Waals surface area contributed by atoms with Gasteiger partial charge in [-0.1, -0.05) is 61.9 Å². The fourth-order valence-electron chi connectivity index (χ4n) is 9.48. The van der Waals surface area contributed by atoms with Gasteiger partial charge >= 0.3 is 5.97 Å². The van der Waals surface area contributed by atoms with Crippen LogP contribution in [0.1, 0.15) is 110 Å². The molecule has 8 rings (SSSR count). The Morgan fingerprint density at radius 3 is 2.25 bits per heavy atom. The summed E-state index contributed by atoms with van der Waals surface area (Å²) < 4.78 is 72.1. The highest BCUT2D eigenvalue weighted by Crippen LogP contribution is 2.41. The van der Waals surface area contributed by atoms with Crippen LogP contribution in [0.4, 0.5) is 8.78 Å². The largest absolute Gasteiger partial charge is 0.494 e. The second-order valence-electron chi connectivity index (χ2n) is 18.9. The van der Waals surface area contributed by atoms with Crippen molar-refractivity contribution in [3.05, 3.63) is 124 Å². The molecule has 1 N–H and O–H groups in total. The van der Waals surface area contributed by atoms with Gasteiger partial charge in [0.05, 0.1) is 50.8 Å². The molecule has 9 nitrogen and oxygen atoms in total. The molecule has 3 fully saturated rings. The van der Waals surface area contributed by atoms with Crippen molar-refractivity contribution in [3.63, 3.8) is 0 Å². The smallest absolute Gasteiger partial charge is 0.343 e. The van der Waals surface area contributed by atoms with Gasteiger partial charge in [0.2, 0.25) is 0 Å². The van der Waals surface area contributed by atoms with Gasteiger partial charge in [-0.3, -0.25) is 0 Å². The minimum Gasteiger partial charge on any atom is -0.494 e. The molecule has 2 aliphatic heterocycles. The highest BCUT2D eigenvalue weighted by Gasteiger charge is 2.43. The third-order valence-electron chi connectivity index (χ3n) is 14.0. The number of rotatable bonds is 27. The Labute approximate surface area is 400 Å². The van der Waals surface area contributed by atoms with Gasteiger partial charge in [0, 0.05) is 48.0 Å². The lowest BCUT2D eigenvalue weighted by molar-refractivity contribution is -0.150. The van der Waals surface area contributed by atoms with Crippen LogP contribution in [0.2, 0.25) is 0 Å². The summed E-state index contributed by atoms with van der Waals surface area (Å²) in [6.45, 7) is 9.89. The Balaban J connectivity index is 0.792. The maximum absolute atomic E-state index is 15.7. The lowest BCUT2D eigenvalue weighted by Gasteiger charge is -2.40. The number of halogens is 2. The zero-order valence-electron chi connectivity index (χ0n) is 39.8. The van der Waals surface area contributed by atoms with E-state index < -0.39 is 17.6 Å². The normalized spacial score (nSPS) is 18.1. The van der Waals surface area contributed by atoms with E-state index in [0.29, 0.717) is 72.0 Å². The Morgan fingerprint density at radius 2 is 1.50 bits per heavy atom. The molecule has 2 heterocycles. The maximum atomic E-state index is 15.7. The van der Waals surface area contributed by atoms with Crippen LogP contribution >= 0.6 is 0 Å². The van der Waals surface area contributed by atoms with E-state index in [9.17, 15) is 4.79 Å². The van der Waals surface area contributed by atoms with Gasteiger partial charge in [0.25, 0.3) is 0 Å². The van der Waals surface area contributed by atoms with Crippen LogP contribution in [0.5, 0.6) is 17.2 Å². The quantitative estimate of drug-likeness (QED) is 0.0182. The number of hydrogen-bond donors (Lipinski definition) is 1. The van der Waals surface area contributed by atoms with Crippen LogP contribution in [0.25, 0.3) is 21.9 Å². The van der Waals surface area contributed by atoms with Gasteiger partial charge in [-0.25, -0.2) is 13.6 Å². The van der Waals surface area contributed by atoms with Crippen molar-refractivity contribution in [3.8, 4) is 28.4 Å². The summed E-state index contributed by atoms with van der Waals surface area (Å²) in [5, 5.41) is 9.70. The predicted octanol–water partition coefficient (Wildman–Crippen LogP) is 12.6. The standard InChI is InChI=1S/C57H67F2NO8/c1-3-57(37-64-38-57)36-63-28-8-4-5-9-30-66-50-25-20-44(32-39(50)2)56(61)68-55-45(35-60)34-43(47-12-6-7-13-49(47)55)16-15-42-19-23-48(54(59)53(42)58)41-17-21-46(22-18-41)65-29-11-10-27-62-31-26-40-14-24-51-52(33-40)67-51/h6-7,12-13,17-23,25,32,34-35,40,51-52,60H,3-5,8-11,14-16,24,26-31,33,36-38H2,1-2H3. The highest BCUT2D eigenvalue weighted by molar-refractivity contribution is 6.02. The number of aryl methyl sites for hydroxylation is 3. The van der Waals surface area contributed by atoms with Crippen molar-refractivity contribution in [2.24, 2.45) is 11.3 Å². The molecule has 0 amide bonds. The van der Waals surface area contributed by atoms with Crippen LogP contribution in [0, 0.1) is 35.3 Å². The molecule has 362 valence electrons. The number of ether oxygens (including phenoxy) is 7. The minimum atomic E-state index is -0.903. The van der Waals surface area contributed by atoms with Gasteiger partial charge < -0.3 is 38.6 Å². The first-order chi connectivity index (χ1) is 33.2. The SMILES string of the molecule is CCC1(COCCCCCCOc2ccc(C(=O)Oc3c(C=N)cc(CCc4ccc(-c5ccc(OCCCCOCCC6CCC7OC7C6)cc5)c(F)c4F)c4ccccc34)cc2C)COC1. The number of benzene rings is 5. The molecule has 0 radical (unpaired) electrons. The number of hydrogen-bond acceptors (Lipinski definition) is 9. The first-order valence-corrected chi connectivity index (χ1v) is 24.8. The zero-order valence-corrected chi connectivity index (χ0v) is 39.8. The monoisotopic (exact) mass is 931 g/mol. The van der Waals surface area contributed by atoms with Gasteiger partial charge in [-0.05, 0) is 154 Å². The third kappa shape index (κ3) is 12.7. The van der Waals surface area contributed by atoms with E-state index >= 15 is 8.78 Å². The molecular weight excluding hydrogens is 865 g/mol. The number of fused-ring (bicyclic) bond motifs is 2. The van der Waals surface area contributed by atoms with E-state index in [1.807, 2.05) is 31.2 Å². The first kappa shape index (κ1) is 49.2. The van der Waals surface area contributed by atoms with Crippen molar-refractivity contribution in [1.82, 2.24) is 0 Å².